The van der Waals surface area contributed by atoms with Gasteiger partial charge in [0.25, 0.3) is 0 Å². The SMILES string of the molecule is Cc1c(C(=O)O)cc(Cl)cc1S(=O)(=O)CCc1cccs1. The zero-order valence-electron chi connectivity index (χ0n) is 11.2. The van der Waals surface area contributed by atoms with E-state index >= 15 is 0 Å². The molecule has 0 spiro atoms. The Balaban J connectivity index is 2.37. The summed E-state index contributed by atoms with van der Waals surface area (Å²) in [6.07, 6.45) is 0.397. The van der Waals surface area contributed by atoms with E-state index in [9.17, 15) is 13.2 Å². The van der Waals surface area contributed by atoms with Crippen LogP contribution < -0.4 is 0 Å². The van der Waals surface area contributed by atoms with Gasteiger partial charge in [-0.3, -0.25) is 0 Å². The zero-order chi connectivity index (χ0) is 15.6. The average Bonchev–Trinajstić information content (AvgIpc) is 2.91. The summed E-state index contributed by atoms with van der Waals surface area (Å²) >= 11 is 7.34. The molecule has 0 saturated carbocycles. The highest BCUT2D eigenvalue weighted by Crippen LogP contribution is 2.26. The van der Waals surface area contributed by atoms with Gasteiger partial charge in [-0.1, -0.05) is 17.7 Å². The molecule has 4 nitrogen and oxygen atoms in total. The van der Waals surface area contributed by atoms with Crippen LogP contribution in [0.1, 0.15) is 20.8 Å². The molecule has 0 aliphatic heterocycles. The second-order valence-electron chi connectivity index (χ2n) is 4.53. The highest BCUT2D eigenvalue weighted by atomic mass is 35.5. The van der Waals surface area contributed by atoms with Crippen molar-refractivity contribution < 1.29 is 18.3 Å². The van der Waals surface area contributed by atoms with Gasteiger partial charge in [-0.05, 0) is 42.5 Å². The number of carboxylic acids is 1. The van der Waals surface area contributed by atoms with E-state index in [1.54, 1.807) is 0 Å². The number of aryl methyl sites for hydroxylation is 1. The molecule has 1 N–H and O–H groups in total. The van der Waals surface area contributed by atoms with Crippen LogP contribution in [0.3, 0.4) is 0 Å². The average molecular weight is 345 g/mol. The summed E-state index contributed by atoms with van der Waals surface area (Å²) < 4.78 is 24.9. The van der Waals surface area contributed by atoms with E-state index in [2.05, 4.69) is 0 Å². The molecule has 0 amide bonds. The third-order valence-electron chi connectivity index (χ3n) is 3.09. The van der Waals surface area contributed by atoms with Gasteiger partial charge >= 0.3 is 5.97 Å². The standard InChI is InChI=1S/C14H13ClO4S2/c1-9-12(14(16)17)7-10(15)8-13(9)21(18,19)6-4-11-3-2-5-20-11/h2-3,5,7-8H,4,6H2,1H3,(H,16,17). The van der Waals surface area contributed by atoms with Gasteiger partial charge in [0.05, 0.1) is 16.2 Å². The molecule has 0 saturated heterocycles. The van der Waals surface area contributed by atoms with Crippen LogP contribution in [-0.4, -0.2) is 25.2 Å². The fourth-order valence-electron chi connectivity index (χ4n) is 2.00. The number of thiophene rings is 1. The number of halogens is 1. The molecule has 1 heterocycles. The number of benzene rings is 1. The summed E-state index contributed by atoms with van der Waals surface area (Å²) in [6.45, 7) is 1.48. The molecule has 0 aliphatic carbocycles. The fourth-order valence-corrected chi connectivity index (χ4v) is 4.71. The Morgan fingerprint density at radius 3 is 2.67 bits per heavy atom. The minimum Gasteiger partial charge on any atom is -0.478 e. The van der Waals surface area contributed by atoms with Crippen LogP contribution in [0.25, 0.3) is 0 Å². The van der Waals surface area contributed by atoms with Gasteiger partial charge in [-0.25, -0.2) is 13.2 Å². The van der Waals surface area contributed by atoms with Gasteiger partial charge in [-0.2, -0.15) is 0 Å². The molecule has 0 radical (unpaired) electrons. The van der Waals surface area contributed by atoms with Gasteiger partial charge < -0.3 is 5.11 Å². The maximum absolute atomic E-state index is 12.4. The zero-order valence-corrected chi connectivity index (χ0v) is 13.6. The first-order chi connectivity index (χ1) is 9.81. The van der Waals surface area contributed by atoms with Crippen molar-refractivity contribution in [2.75, 3.05) is 5.75 Å². The Labute approximate surface area is 131 Å². The Bertz CT molecular complexity index is 765. The van der Waals surface area contributed by atoms with Crippen LogP contribution in [-0.2, 0) is 16.3 Å². The number of carboxylic acid groups (broad SMARTS) is 1. The van der Waals surface area contributed by atoms with Crippen molar-refractivity contribution in [1.82, 2.24) is 0 Å². The molecule has 0 atom stereocenters. The normalized spacial score (nSPS) is 11.5. The first kappa shape index (κ1) is 16.0. The summed E-state index contributed by atoms with van der Waals surface area (Å²) in [5, 5.41) is 11.1. The Kier molecular flexibility index (Phi) is 4.70. The van der Waals surface area contributed by atoms with Crippen LogP contribution in [0.2, 0.25) is 5.02 Å². The number of carbonyl (C=O) groups is 1. The topological polar surface area (TPSA) is 71.4 Å². The highest BCUT2D eigenvalue weighted by molar-refractivity contribution is 7.91. The van der Waals surface area contributed by atoms with E-state index in [0.717, 1.165) is 4.88 Å². The lowest BCUT2D eigenvalue weighted by Gasteiger charge is -2.10. The monoisotopic (exact) mass is 344 g/mol. The molecular formula is C14H13ClO4S2. The molecule has 7 heteroatoms. The molecule has 0 aliphatic rings. The van der Waals surface area contributed by atoms with E-state index in [0.29, 0.717) is 6.42 Å². The van der Waals surface area contributed by atoms with Crippen molar-refractivity contribution in [3.8, 4) is 0 Å². The van der Waals surface area contributed by atoms with E-state index < -0.39 is 15.8 Å². The van der Waals surface area contributed by atoms with Gasteiger partial charge in [-0.15, -0.1) is 11.3 Å². The summed E-state index contributed by atoms with van der Waals surface area (Å²) in [7, 11) is -3.59. The largest absolute Gasteiger partial charge is 0.478 e. The van der Waals surface area contributed by atoms with E-state index in [-0.39, 0.29) is 26.8 Å². The number of hydrogen-bond acceptors (Lipinski definition) is 4. The van der Waals surface area contributed by atoms with Crippen molar-refractivity contribution in [1.29, 1.82) is 0 Å². The number of hydrogen-bond donors (Lipinski definition) is 1. The Morgan fingerprint density at radius 1 is 1.38 bits per heavy atom. The molecule has 1 aromatic heterocycles. The smallest absolute Gasteiger partial charge is 0.336 e. The van der Waals surface area contributed by atoms with E-state index in [1.165, 1.54) is 30.4 Å². The van der Waals surface area contributed by atoms with Gasteiger partial charge in [0.15, 0.2) is 9.84 Å². The minimum atomic E-state index is -3.59. The van der Waals surface area contributed by atoms with Crippen molar-refractivity contribution in [3.63, 3.8) is 0 Å². The maximum Gasteiger partial charge on any atom is 0.336 e. The molecule has 21 heavy (non-hydrogen) atoms. The summed E-state index contributed by atoms with van der Waals surface area (Å²) in [4.78, 5) is 12.1. The van der Waals surface area contributed by atoms with Crippen molar-refractivity contribution in [2.24, 2.45) is 0 Å². The van der Waals surface area contributed by atoms with Crippen molar-refractivity contribution in [2.45, 2.75) is 18.2 Å². The summed E-state index contributed by atoms with van der Waals surface area (Å²) in [6, 6.07) is 6.30. The Hall–Kier alpha value is -1.37. The number of aromatic carboxylic acids is 1. The lowest BCUT2D eigenvalue weighted by molar-refractivity contribution is 0.0696. The first-order valence-electron chi connectivity index (χ1n) is 6.10. The molecule has 0 fully saturated rings. The predicted molar refractivity (Wildman–Crippen MR) is 83.2 cm³/mol. The van der Waals surface area contributed by atoms with Gasteiger partial charge in [0.1, 0.15) is 0 Å². The second kappa shape index (κ2) is 6.17. The molecule has 1 aromatic carbocycles. The minimum absolute atomic E-state index is 0.0102. The quantitative estimate of drug-likeness (QED) is 0.902. The Morgan fingerprint density at radius 2 is 2.10 bits per heavy atom. The van der Waals surface area contributed by atoms with Crippen LogP contribution >= 0.6 is 22.9 Å². The lowest BCUT2D eigenvalue weighted by atomic mass is 10.1. The van der Waals surface area contributed by atoms with Gasteiger partial charge in [0.2, 0.25) is 0 Å². The first-order valence-corrected chi connectivity index (χ1v) is 9.01. The molecular weight excluding hydrogens is 332 g/mol. The molecule has 0 unspecified atom stereocenters. The molecule has 2 rings (SSSR count). The van der Waals surface area contributed by atoms with Crippen molar-refractivity contribution >= 4 is 38.7 Å². The second-order valence-corrected chi connectivity index (χ2v) is 8.08. The maximum atomic E-state index is 12.4. The number of rotatable bonds is 5. The number of sulfone groups is 1. The predicted octanol–water partition coefficient (Wildman–Crippen LogP) is 3.42. The molecule has 112 valence electrons. The highest BCUT2D eigenvalue weighted by Gasteiger charge is 2.22. The van der Waals surface area contributed by atoms with Crippen LogP contribution in [0.4, 0.5) is 0 Å². The van der Waals surface area contributed by atoms with E-state index in [4.69, 9.17) is 16.7 Å². The lowest BCUT2D eigenvalue weighted by Crippen LogP contribution is -2.13. The summed E-state index contributed by atoms with van der Waals surface area (Å²) in [5.74, 6) is -1.27. The fraction of sp³-hybridized carbons (Fsp3) is 0.214. The van der Waals surface area contributed by atoms with Crippen LogP contribution in [0.5, 0.6) is 0 Å². The summed E-state index contributed by atoms with van der Waals surface area (Å²) in [5.41, 5.74) is 0.135. The molecule has 0 bridgehead atoms. The van der Waals surface area contributed by atoms with Crippen LogP contribution in [0, 0.1) is 6.92 Å². The van der Waals surface area contributed by atoms with Crippen LogP contribution in [0.15, 0.2) is 34.5 Å². The third-order valence-corrected chi connectivity index (χ3v) is 6.08. The third kappa shape index (κ3) is 3.64. The van der Waals surface area contributed by atoms with Crippen molar-refractivity contribution in [3.05, 3.63) is 50.7 Å². The van der Waals surface area contributed by atoms with Gasteiger partial charge in [0, 0.05) is 9.90 Å². The molecule has 2 aromatic rings. The van der Waals surface area contributed by atoms with E-state index in [1.807, 2.05) is 17.5 Å².